The number of nitrogens with one attached hydrogen (secondary N) is 1. The first kappa shape index (κ1) is 17.1. The van der Waals surface area contributed by atoms with Gasteiger partial charge in [0.2, 0.25) is 0 Å². The molecule has 1 saturated heterocycles. The molecule has 2 heterocycles. The van der Waals surface area contributed by atoms with Crippen LogP contribution in [0.3, 0.4) is 0 Å². The highest BCUT2D eigenvalue weighted by atomic mass is 32.2. The van der Waals surface area contributed by atoms with E-state index in [-0.39, 0.29) is 5.37 Å². The molecule has 1 aromatic heterocycles. The average Bonchev–Trinajstić information content (AvgIpc) is 3.11. The largest absolute Gasteiger partial charge is 0.496 e. The Hall–Kier alpha value is -1.70. The summed E-state index contributed by atoms with van der Waals surface area (Å²) in [6.45, 7) is 0. The molecule has 0 unspecified atom stereocenters. The number of carbonyl (C=O) groups is 1. The van der Waals surface area contributed by atoms with E-state index in [1.165, 1.54) is 0 Å². The number of aliphatic carboxylic acids is 1. The van der Waals surface area contributed by atoms with E-state index in [9.17, 15) is 4.79 Å². The number of ether oxygens (including phenoxy) is 1. The first-order valence-electron chi connectivity index (χ1n) is 7.48. The molecule has 0 radical (unpaired) electrons. The van der Waals surface area contributed by atoms with Crippen LogP contribution in [0, 0.1) is 0 Å². The van der Waals surface area contributed by atoms with E-state index >= 15 is 0 Å². The van der Waals surface area contributed by atoms with Crippen molar-refractivity contribution < 1.29 is 14.6 Å². The average molecular weight is 362 g/mol. The van der Waals surface area contributed by atoms with Crippen molar-refractivity contribution in [1.82, 2.24) is 10.3 Å². The Morgan fingerprint density at radius 3 is 3.00 bits per heavy atom. The smallest absolute Gasteiger partial charge is 0.321 e. The third kappa shape index (κ3) is 4.03. The van der Waals surface area contributed by atoms with Gasteiger partial charge < -0.3 is 9.84 Å². The van der Waals surface area contributed by atoms with E-state index in [1.807, 2.05) is 30.3 Å². The molecule has 2 N–H and O–H groups in total. The van der Waals surface area contributed by atoms with Crippen molar-refractivity contribution in [2.45, 2.75) is 22.2 Å². The minimum Gasteiger partial charge on any atom is -0.496 e. The summed E-state index contributed by atoms with van der Waals surface area (Å²) in [6.07, 6.45) is 1.78. The van der Waals surface area contributed by atoms with Crippen LogP contribution in [0.15, 0.2) is 47.6 Å². The summed E-state index contributed by atoms with van der Waals surface area (Å²) in [5, 5.41) is 13.2. The van der Waals surface area contributed by atoms with Crippen LogP contribution in [-0.2, 0) is 10.5 Å². The molecule has 1 aliphatic rings. The molecule has 2 aromatic rings. The summed E-state index contributed by atoms with van der Waals surface area (Å²) < 4.78 is 5.46. The van der Waals surface area contributed by atoms with Gasteiger partial charge in [-0.05, 0) is 29.8 Å². The molecule has 0 saturated carbocycles. The van der Waals surface area contributed by atoms with Crippen LogP contribution in [0.25, 0.3) is 0 Å². The second-order valence-corrected chi connectivity index (χ2v) is 7.43. The first-order valence-corrected chi connectivity index (χ1v) is 9.52. The van der Waals surface area contributed by atoms with Crippen molar-refractivity contribution >= 4 is 29.5 Å². The number of carboxylic acid groups (broad SMARTS) is 1. The molecule has 1 aliphatic heterocycles. The fourth-order valence-electron chi connectivity index (χ4n) is 2.46. The van der Waals surface area contributed by atoms with Crippen LogP contribution in [-0.4, -0.2) is 35.0 Å². The second-order valence-electron chi connectivity index (χ2n) is 5.30. The highest BCUT2D eigenvalue weighted by Gasteiger charge is 2.30. The van der Waals surface area contributed by atoms with Crippen molar-refractivity contribution in [1.29, 1.82) is 0 Å². The number of hydrogen-bond donors (Lipinski definition) is 2. The van der Waals surface area contributed by atoms with E-state index in [2.05, 4.69) is 16.4 Å². The van der Waals surface area contributed by atoms with E-state index in [4.69, 9.17) is 9.84 Å². The van der Waals surface area contributed by atoms with Gasteiger partial charge in [-0.2, -0.15) is 0 Å². The zero-order chi connectivity index (χ0) is 16.9. The van der Waals surface area contributed by atoms with Crippen LogP contribution in [0.1, 0.15) is 16.5 Å². The van der Waals surface area contributed by atoms with Crippen molar-refractivity contribution in [3.63, 3.8) is 0 Å². The third-order valence-electron chi connectivity index (χ3n) is 3.70. The lowest BCUT2D eigenvalue weighted by Gasteiger charge is -2.15. The molecule has 0 aliphatic carbocycles. The van der Waals surface area contributed by atoms with Crippen LogP contribution in [0.4, 0.5) is 0 Å². The van der Waals surface area contributed by atoms with Crippen LogP contribution in [0.5, 0.6) is 5.75 Å². The Bertz CT molecular complexity index is 712. The number of pyridine rings is 1. The van der Waals surface area contributed by atoms with Gasteiger partial charge in [0.05, 0.1) is 17.5 Å². The molecule has 3 rings (SSSR count). The van der Waals surface area contributed by atoms with Gasteiger partial charge in [0.25, 0.3) is 0 Å². The van der Waals surface area contributed by atoms with E-state index in [0.29, 0.717) is 5.75 Å². The molecule has 0 spiro atoms. The Morgan fingerprint density at radius 2 is 2.33 bits per heavy atom. The van der Waals surface area contributed by atoms with Gasteiger partial charge in [0, 0.05) is 23.3 Å². The molecule has 24 heavy (non-hydrogen) atoms. The number of methoxy groups -OCH3 is 1. The van der Waals surface area contributed by atoms with Crippen molar-refractivity contribution in [2.75, 3.05) is 12.9 Å². The summed E-state index contributed by atoms with van der Waals surface area (Å²) in [5.41, 5.74) is 2.15. The molecule has 2 atom stereocenters. The summed E-state index contributed by atoms with van der Waals surface area (Å²) in [4.78, 5) is 15.4. The predicted octanol–water partition coefficient (Wildman–Crippen LogP) is 3.17. The molecule has 0 bridgehead atoms. The minimum atomic E-state index is -0.801. The van der Waals surface area contributed by atoms with Crippen molar-refractivity contribution in [3.05, 3.63) is 53.7 Å². The normalized spacial score (nSPS) is 20.0. The summed E-state index contributed by atoms with van der Waals surface area (Å²) >= 11 is 3.26. The van der Waals surface area contributed by atoms with E-state index in [1.54, 1.807) is 36.8 Å². The minimum absolute atomic E-state index is 0.00407. The molecular formula is C17H18N2O3S2. The quantitative estimate of drug-likeness (QED) is 0.765. The van der Waals surface area contributed by atoms with Gasteiger partial charge in [-0.15, -0.1) is 23.5 Å². The van der Waals surface area contributed by atoms with Crippen LogP contribution >= 0.6 is 23.5 Å². The van der Waals surface area contributed by atoms with Crippen LogP contribution < -0.4 is 10.1 Å². The highest BCUT2D eigenvalue weighted by molar-refractivity contribution is 7.99. The Balaban J connectivity index is 1.74. The fraction of sp³-hybridized carbons (Fsp3) is 0.294. The van der Waals surface area contributed by atoms with Crippen molar-refractivity contribution in [2.24, 2.45) is 0 Å². The monoisotopic (exact) mass is 362 g/mol. The van der Waals surface area contributed by atoms with Gasteiger partial charge in [0.1, 0.15) is 11.8 Å². The number of thioether (sulfide) groups is 2. The third-order valence-corrected chi connectivity index (χ3v) is 5.96. The molecule has 5 nitrogen and oxygen atoms in total. The molecule has 1 aromatic carbocycles. The Morgan fingerprint density at radius 1 is 1.46 bits per heavy atom. The zero-order valence-electron chi connectivity index (χ0n) is 13.1. The molecule has 7 heteroatoms. The number of nitrogens with zero attached hydrogens (tertiary/aromatic N) is 1. The highest BCUT2D eigenvalue weighted by Crippen LogP contribution is 2.36. The lowest BCUT2D eigenvalue weighted by atomic mass is 10.1. The predicted molar refractivity (Wildman–Crippen MR) is 96.6 cm³/mol. The summed E-state index contributed by atoms with van der Waals surface area (Å²) in [6, 6.07) is 11.4. The number of rotatable bonds is 6. The molecule has 0 amide bonds. The lowest BCUT2D eigenvalue weighted by molar-refractivity contribution is -0.138. The van der Waals surface area contributed by atoms with Gasteiger partial charge >= 0.3 is 5.97 Å². The van der Waals surface area contributed by atoms with Crippen LogP contribution in [0.2, 0.25) is 0 Å². The number of carboxylic acids is 1. The van der Waals surface area contributed by atoms with Gasteiger partial charge in [-0.25, -0.2) is 4.98 Å². The Labute approximate surface area is 149 Å². The lowest BCUT2D eigenvalue weighted by Crippen LogP contribution is -2.33. The SMILES string of the molecule is COc1ccc([C@H]2N[C@@H](C(=O)O)CS2)cc1CSc1ccccn1. The maximum Gasteiger partial charge on any atom is 0.321 e. The number of benzene rings is 1. The van der Waals surface area contributed by atoms with Gasteiger partial charge in [-0.3, -0.25) is 10.1 Å². The number of hydrogen-bond acceptors (Lipinski definition) is 6. The number of aromatic nitrogens is 1. The first-order chi connectivity index (χ1) is 11.7. The maximum atomic E-state index is 11.1. The zero-order valence-corrected chi connectivity index (χ0v) is 14.8. The maximum absolute atomic E-state index is 11.1. The van der Waals surface area contributed by atoms with E-state index in [0.717, 1.165) is 27.7 Å². The standard InChI is InChI=1S/C17H18N2O3S2/c1-22-14-6-5-11(16-19-13(10-24-16)17(20)21)8-12(14)9-23-15-4-2-3-7-18-15/h2-8,13,16,19H,9-10H2,1H3,(H,20,21)/t13-,16+/m1/s1. The van der Waals surface area contributed by atoms with Crippen molar-refractivity contribution in [3.8, 4) is 5.75 Å². The Kier molecular flexibility index (Phi) is 5.65. The molecule has 126 valence electrons. The summed E-state index contributed by atoms with van der Waals surface area (Å²) in [7, 11) is 1.66. The fourth-order valence-corrected chi connectivity index (χ4v) is 4.53. The second kappa shape index (κ2) is 7.92. The topological polar surface area (TPSA) is 71.5 Å². The van der Waals surface area contributed by atoms with Gasteiger partial charge in [-0.1, -0.05) is 12.1 Å². The summed E-state index contributed by atoms with van der Waals surface area (Å²) in [5.74, 6) is 1.35. The molecule has 1 fully saturated rings. The van der Waals surface area contributed by atoms with E-state index < -0.39 is 12.0 Å². The molecular weight excluding hydrogens is 344 g/mol. The van der Waals surface area contributed by atoms with Gasteiger partial charge in [0.15, 0.2) is 0 Å².